The minimum Gasteiger partial charge on any atom is -0.387 e. The van der Waals surface area contributed by atoms with Gasteiger partial charge in [0, 0.05) is 13.1 Å². The van der Waals surface area contributed by atoms with Crippen LogP contribution < -0.4 is 5.32 Å². The summed E-state index contributed by atoms with van der Waals surface area (Å²) < 4.78 is 12.8. The lowest BCUT2D eigenvalue weighted by Gasteiger charge is -2.12. The summed E-state index contributed by atoms with van der Waals surface area (Å²) in [6.45, 7) is 0.982. The molecule has 0 radical (unpaired) electrons. The number of halogens is 1. The van der Waals surface area contributed by atoms with Crippen molar-refractivity contribution in [2.45, 2.75) is 12.6 Å². The summed E-state index contributed by atoms with van der Waals surface area (Å²) in [6.07, 6.45) is -0.672. The largest absolute Gasteiger partial charge is 0.387 e. The molecule has 0 saturated carbocycles. The molecule has 0 aromatic heterocycles. The number of rotatable bonds is 5. The monoisotopic (exact) mass is 270 g/mol. The fourth-order valence-electron chi connectivity index (χ4n) is 1.85. The number of aliphatic hydroxyl groups excluding tert-OH is 1. The molecule has 0 heterocycles. The van der Waals surface area contributed by atoms with Crippen molar-refractivity contribution in [1.29, 1.82) is 5.26 Å². The zero-order valence-electron chi connectivity index (χ0n) is 10.9. The zero-order chi connectivity index (χ0) is 14.4. The summed E-state index contributed by atoms with van der Waals surface area (Å²) in [5.41, 5.74) is 2.34. The van der Waals surface area contributed by atoms with Crippen molar-refractivity contribution in [2.24, 2.45) is 0 Å². The molecule has 0 unspecified atom stereocenters. The first-order chi connectivity index (χ1) is 9.69. The fraction of sp³-hybridized carbons (Fsp3) is 0.188. The van der Waals surface area contributed by atoms with E-state index in [4.69, 9.17) is 5.26 Å². The highest BCUT2D eigenvalue weighted by Gasteiger charge is 2.06. The molecule has 0 spiro atoms. The van der Waals surface area contributed by atoms with Gasteiger partial charge < -0.3 is 10.4 Å². The molecular formula is C16H15FN2O. The lowest BCUT2D eigenvalue weighted by atomic mass is 10.1. The third kappa shape index (κ3) is 3.89. The van der Waals surface area contributed by atoms with E-state index in [1.807, 2.05) is 12.1 Å². The summed E-state index contributed by atoms with van der Waals surface area (Å²) in [5.74, 6) is -0.313. The normalized spacial score (nSPS) is 11.8. The molecule has 4 heteroatoms. The van der Waals surface area contributed by atoms with E-state index >= 15 is 0 Å². The van der Waals surface area contributed by atoms with Crippen LogP contribution in [0.4, 0.5) is 4.39 Å². The summed E-state index contributed by atoms with van der Waals surface area (Å²) >= 11 is 0. The molecule has 0 amide bonds. The van der Waals surface area contributed by atoms with E-state index in [-0.39, 0.29) is 5.82 Å². The highest BCUT2D eigenvalue weighted by molar-refractivity contribution is 5.31. The molecule has 0 aliphatic carbocycles. The first kappa shape index (κ1) is 14.2. The predicted molar refractivity (Wildman–Crippen MR) is 74.2 cm³/mol. The summed E-state index contributed by atoms with van der Waals surface area (Å²) in [6, 6.07) is 15.1. The number of aliphatic hydroxyl groups is 1. The Balaban J connectivity index is 1.83. The van der Waals surface area contributed by atoms with Gasteiger partial charge in [0.05, 0.1) is 17.7 Å². The highest BCUT2D eigenvalue weighted by atomic mass is 19.1. The van der Waals surface area contributed by atoms with E-state index in [2.05, 4.69) is 11.4 Å². The van der Waals surface area contributed by atoms with Crippen molar-refractivity contribution in [3.63, 3.8) is 0 Å². The number of nitrogens with zero attached hydrogens (tertiary/aromatic N) is 1. The highest BCUT2D eigenvalue weighted by Crippen LogP contribution is 2.12. The quantitative estimate of drug-likeness (QED) is 0.877. The Labute approximate surface area is 117 Å². The van der Waals surface area contributed by atoms with E-state index in [0.29, 0.717) is 24.2 Å². The maximum Gasteiger partial charge on any atom is 0.123 e. The standard InChI is InChI=1S/C16H15FN2O/c17-15-7-5-14(6-8-15)16(20)11-19-10-13-3-1-12(9-18)2-4-13/h1-8,16,19-20H,10-11H2/t16-/m0/s1. The van der Waals surface area contributed by atoms with Gasteiger partial charge >= 0.3 is 0 Å². The molecule has 2 aromatic rings. The fourth-order valence-corrected chi connectivity index (χ4v) is 1.85. The Hall–Kier alpha value is -2.22. The molecule has 0 saturated heterocycles. The van der Waals surface area contributed by atoms with Crippen LogP contribution in [-0.2, 0) is 6.54 Å². The van der Waals surface area contributed by atoms with Crippen LogP contribution in [0, 0.1) is 17.1 Å². The number of hydrogen-bond acceptors (Lipinski definition) is 3. The van der Waals surface area contributed by atoms with Gasteiger partial charge in [-0.2, -0.15) is 5.26 Å². The molecule has 1 atom stereocenters. The van der Waals surface area contributed by atoms with Crippen LogP contribution in [0.25, 0.3) is 0 Å². The van der Waals surface area contributed by atoms with Gasteiger partial charge in [0.25, 0.3) is 0 Å². The minimum absolute atomic E-state index is 0.313. The van der Waals surface area contributed by atoms with E-state index < -0.39 is 6.10 Å². The Morgan fingerprint density at radius 3 is 2.35 bits per heavy atom. The molecule has 102 valence electrons. The van der Waals surface area contributed by atoms with Gasteiger partial charge in [-0.3, -0.25) is 0 Å². The average molecular weight is 270 g/mol. The van der Waals surface area contributed by atoms with Crippen LogP contribution in [0.2, 0.25) is 0 Å². The van der Waals surface area contributed by atoms with Gasteiger partial charge in [-0.05, 0) is 35.4 Å². The number of benzene rings is 2. The van der Waals surface area contributed by atoms with Crippen LogP contribution in [-0.4, -0.2) is 11.7 Å². The summed E-state index contributed by atoms with van der Waals surface area (Å²) in [5, 5.41) is 21.8. The first-order valence-corrected chi connectivity index (χ1v) is 6.32. The molecule has 2 rings (SSSR count). The molecule has 3 nitrogen and oxygen atoms in total. The second-order valence-corrected chi connectivity index (χ2v) is 4.51. The van der Waals surface area contributed by atoms with Crippen molar-refractivity contribution < 1.29 is 9.50 Å². The smallest absolute Gasteiger partial charge is 0.123 e. The van der Waals surface area contributed by atoms with E-state index in [1.54, 1.807) is 24.3 Å². The lowest BCUT2D eigenvalue weighted by molar-refractivity contribution is 0.174. The van der Waals surface area contributed by atoms with E-state index in [0.717, 1.165) is 5.56 Å². The Kier molecular flexibility index (Phi) is 4.83. The second-order valence-electron chi connectivity index (χ2n) is 4.51. The van der Waals surface area contributed by atoms with Gasteiger partial charge in [0.1, 0.15) is 5.82 Å². The molecular weight excluding hydrogens is 255 g/mol. The molecule has 0 aliphatic rings. The molecule has 0 fully saturated rings. The molecule has 20 heavy (non-hydrogen) atoms. The van der Waals surface area contributed by atoms with Crippen molar-refractivity contribution in [1.82, 2.24) is 5.32 Å². The van der Waals surface area contributed by atoms with Crippen LogP contribution >= 0.6 is 0 Å². The number of nitrogens with one attached hydrogen (secondary N) is 1. The van der Waals surface area contributed by atoms with Crippen LogP contribution in [0.3, 0.4) is 0 Å². The Bertz CT molecular complexity index is 587. The minimum atomic E-state index is -0.672. The predicted octanol–water partition coefficient (Wildman–Crippen LogP) is 2.52. The maximum atomic E-state index is 12.8. The SMILES string of the molecule is N#Cc1ccc(CNC[C@H](O)c2ccc(F)cc2)cc1. The van der Waals surface area contributed by atoms with Crippen molar-refractivity contribution in [2.75, 3.05) is 6.54 Å². The van der Waals surface area contributed by atoms with Crippen LogP contribution in [0.5, 0.6) is 0 Å². The summed E-state index contributed by atoms with van der Waals surface area (Å²) in [7, 11) is 0. The number of nitriles is 1. The topological polar surface area (TPSA) is 56.0 Å². The molecule has 2 aromatic carbocycles. The number of hydrogen-bond donors (Lipinski definition) is 2. The third-order valence-electron chi connectivity index (χ3n) is 3.00. The molecule has 0 bridgehead atoms. The lowest BCUT2D eigenvalue weighted by Crippen LogP contribution is -2.21. The average Bonchev–Trinajstić information content (AvgIpc) is 2.48. The van der Waals surface area contributed by atoms with Gasteiger partial charge in [-0.1, -0.05) is 24.3 Å². The van der Waals surface area contributed by atoms with Crippen LogP contribution in [0.15, 0.2) is 48.5 Å². The van der Waals surface area contributed by atoms with Gasteiger partial charge in [0.15, 0.2) is 0 Å². The van der Waals surface area contributed by atoms with E-state index in [9.17, 15) is 9.50 Å². The van der Waals surface area contributed by atoms with Gasteiger partial charge in [-0.15, -0.1) is 0 Å². The Morgan fingerprint density at radius 2 is 1.75 bits per heavy atom. The third-order valence-corrected chi connectivity index (χ3v) is 3.00. The summed E-state index contributed by atoms with van der Waals surface area (Å²) in [4.78, 5) is 0. The zero-order valence-corrected chi connectivity index (χ0v) is 10.9. The van der Waals surface area contributed by atoms with Gasteiger partial charge in [-0.25, -0.2) is 4.39 Å². The molecule has 0 aliphatic heterocycles. The van der Waals surface area contributed by atoms with E-state index in [1.165, 1.54) is 12.1 Å². The Morgan fingerprint density at radius 1 is 1.10 bits per heavy atom. The first-order valence-electron chi connectivity index (χ1n) is 6.32. The van der Waals surface area contributed by atoms with Crippen molar-refractivity contribution >= 4 is 0 Å². The van der Waals surface area contributed by atoms with Gasteiger partial charge in [0.2, 0.25) is 0 Å². The molecule has 2 N–H and O–H groups in total. The second kappa shape index (κ2) is 6.80. The van der Waals surface area contributed by atoms with Crippen molar-refractivity contribution in [3.05, 3.63) is 71.0 Å². The van der Waals surface area contributed by atoms with Crippen molar-refractivity contribution in [3.8, 4) is 6.07 Å². The van der Waals surface area contributed by atoms with Crippen LogP contribution in [0.1, 0.15) is 22.8 Å². The maximum absolute atomic E-state index is 12.8.